The molecule has 150 valence electrons. The summed E-state index contributed by atoms with van der Waals surface area (Å²) in [6.45, 7) is 15.9. The Balaban J connectivity index is 1.97. The Hall–Kier alpha value is -2.76. The smallest absolute Gasteiger partial charge is 0.262 e. The van der Waals surface area contributed by atoms with Gasteiger partial charge in [0.25, 0.3) is 0 Å². The van der Waals surface area contributed by atoms with Crippen LogP contribution in [0.4, 0.5) is 0 Å². The molecule has 0 unspecified atom stereocenters. The zero-order valence-corrected chi connectivity index (χ0v) is 17.3. The molecule has 6 nitrogen and oxygen atoms in total. The van der Waals surface area contributed by atoms with Crippen LogP contribution in [0.5, 0.6) is 0 Å². The van der Waals surface area contributed by atoms with Gasteiger partial charge in [-0.2, -0.15) is 10.2 Å². The van der Waals surface area contributed by atoms with E-state index in [1.807, 2.05) is 27.7 Å². The average molecular weight is 383 g/mol. The first-order valence-electron chi connectivity index (χ1n) is 9.57. The van der Waals surface area contributed by atoms with Crippen LogP contribution < -0.4 is 10.9 Å². The van der Waals surface area contributed by atoms with Crippen LogP contribution in [0.1, 0.15) is 53.4 Å². The molecule has 2 amide bonds. The molecule has 0 saturated heterocycles. The molecule has 2 aliphatic rings. The number of rotatable bonds is 4. The number of carbonyl (C=O) groups is 2. The Labute approximate surface area is 167 Å². The van der Waals surface area contributed by atoms with Gasteiger partial charge in [-0.1, -0.05) is 36.5 Å². The summed E-state index contributed by atoms with van der Waals surface area (Å²) in [7, 11) is 0. The maximum absolute atomic E-state index is 12.1. The van der Waals surface area contributed by atoms with Crippen molar-refractivity contribution in [1.82, 2.24) is 10.9 Å². The van der Waals surface area contributed by atoms with Gasteiger partial charge >= 0.3 is 11.8 Å². The van der Waals surface area contributed by atoms with E-state index in [1.165, 1.54) is 0 Å². The standard InChI is InChI=1S/C22H30N4O2/c1-13(2)17-9-7-15(5)19(11-17)23-25-21(27)22(28)26-24-20-12-18(14(3)4)10-8-16(20)6/h7-8,17-18H,1,3,9-12H2,2,4-6H3,(H,25,27)(H,26,28)/t17-,18+. The summed E-state index contributed by atoms with van der Waals surface area (Å²) in [6.07, 6.45) is 7.41. The van der Waals surface area contributed by atoms with E-state index < -0.39 is 11.8 Å². The minimum absolute atomic E-state index is 0.307. The first kappa shape index (κ1) is 21.5. The van der Waals surface area contributed by atoms with Gasteiger partial charge in [-0.15, -0.1) is 0 Å². The molecule has 2 atom stereocenters. The highest BCUT2D eigenvalue weighted by atomic mass is 16.2. The van der Waals surface area contributed by atoms with Crippen LogP contribution in [0.2, 0.25) is 0 Å². The molecular formula is C22H30N4O2. The second kappa shape index (κ2) is 9.44. The van der Waals surface area contributed by atoms with E-state index in [1.54, 1.807) is 0 Å². The Morgan fingerprint density at radius 2 is 1.21 bits per heavy atom. The van der Waals surface area contributed by atoms with Crippen LogP contribution in [-0.4, -0.2) is 23.2 Å². The lowest BCUT2D eigenvalue weighted by molar-refractivity contribution is -0.139. The predicted octanol–water partition coefficient (Wildman–Crippen LogP) is 3.80. The summed E-state index contributed by atoms with van der Waals surface area (Å²) in [6, 6.07) is 0. The molecule has 0 aliphatic heterocycles. The quantitative estimate of drug-likeness (QED) is 0.440. The monoisotopic (exact) mass is 382 g/mol. The molecular weight excluding hydrogens is 352 g/mol. The number of hydrogen-bond acceptors (Lipinski definition) is 4. The number of carbonyl (C=O) groups excluding carboxylic acids is 2. The fraction of sp³-hybridized carbons (Fsp3) is 0.455. The highest BCUT2D eigenvalue weighted by molar-refractivity contribution is 6.35. The highest BCUT2D eigenvalue weighted by Gasteiger charge is 2.21. The van der Waals surface area contributed by atoms with E-state index in [0.717, 1.165) is 46.6 Å². The lowest BCUT2D eigenvalue weighted by atomic mass is 9.85. The van der Waals surface area contributed by atoms with Crippen LogP contribution >= 0.6 is 0 Å². The highest BCUT2D eigenvalue weighted by Crippen LogP contribution is 2.27. The minimum Gasteiger partial charge on any atom is -0.262 e. The molecule has 2 rings (SSSR count). The van der Waals surface area contributed by atoms with Crippen molar-refractivity contribution >= 4 is 23.2 Å². The van der Waals surface area contributed by atoms with Gasteiger partial charge in [-0.25, -0.2) is 10.9 Å². The number of hydrazone groups is 2. The van der Waals surface area contributed by atoms with Gasteiger partial charge in [0.2, 0.25) is 0 Å². The zero-order valence-electron chi connectivity index (χ0n) is 17.3. The first-order valence-corrected chi connectivity index (χ1v) is 9.57. The maximum Gasteiger partial charge on any atom is 0.331 e. The van der Waals surface area contributed by atoms with E-state index in [-0.39, 0.29) is 0 Å². The van der Waals surface area contributed by atoms with Gasteiger partial charge in [0.15, 0.2) is 0 Å². The fourth-order valence-electron chi connectivity index (χ4n) is 3.19. The summed E-state index contributed by atoms with van der Waals surface area (Å²) in [5.41, 5.74) is 10.4. The van der Waals surface area contributed by atoms with Crippen LogP contribution in [0.3, 0.4) is 0 Å². The second-order valence-corrected chi connectivity index (χ2v) is 7.74. The number of nitrogens with one attached hydrogen (secondary N) is 2. The van der Waals surface area contributed by atoms with Crippen molar-refractivity contribution in [3.05, 3.63) is 47.6 Å². The predicted molar refractivity (Wildman–Crippen MR) is 114 cm³/mol. The van der Waals surface area contributed by atoms with Crippen LogP contribution in [0, 0.1) is 11.8 Å². The third-order valence-electron chi connectivity index (χ3n) is 5.39. The summed E-state index contributed by atoms with van der Waals surface area (Å²) in [5, 5.41) is 8.28. The number of allylic oxidation sites excluding steroid dienone is 6. The summed E-state index contributed by atoms with van der Waals surface area (Å²) < 4.78 is 0. The molecule has 0 fully saturated rings. The van der Waals surface area contributed by atoms with Gasteiger partial charge in [0.05, 0.1) is 11.4 Å². The summed E-state index contributed by atoms with van der Waals surface area (Å²) >= 11 is 0. The first-order chi connectivity index (χ1) is 13.2. The lowest BCUT2D eigenvalue weighted by Crippen LogP contribution is -2.37. The second-order valence-electron chi connectivity index (χ2n) is 7.74. The third kappa shape index (κ3) is 5.62. The van der Waals surface area contributed by atoms with Crippen molar-refractivity contribution in [2.75, 3.05) is 0 Å². The van der Waals surface area contributed by atoms with E-state index in [4.69, 9.17) is 0 Å². The van der Waals surface area contributed by atoms with Gasteiger partial charge in [-0.3, -0.25) is 9.59 Å². The number of amides is 2. The van der Waals surface area contributed by atoms with Crippen molar-refractivity contribution in [2.45, 2.75) is 53.4 Å². The van der Waals surface area contributed by atoms with E-state index >= 15 is 0 Å². The van der Waals surface area contributed by atoms with Gasteiger partial charge < -0.3 is 0 Å². The molecule has 0 aromatic carbocycles. The van der Waals surface area contributed by atoms with Crippen LogP contribution in [0.25, 0.3) is 0 Å². The van der Waals surface area contributed by atoms with Gasteiger partial charge in [0.1, 0.15) is 0 Å². The topological polar surface area (TPSA) is 82.9 Å². The average Bonchev–Trinajstić information content (AvgIpc) is 2.65. The minimum atomic E-state index is -0.837. The van der Waals surface area contributed by atoms with Crippen LogP contribution in [0.15, 0.2) is 57.8 Å². The molecule has 0 heterocycles. The molecule has 0 bridgehead atoms. The van der Waals surface area contributed by atoms with E-state index in [2.05, 4.69) is 46.4 Å². The van der Waals surface area contributed by atoms with Gasteiger partial charge in [0, 0.05) is 0 Å². The molecule has 2 N–H and O–H groups in total. The van der Waals surface area contributed by atoms with Crippen molar-refractivity contribution in [2.24, 2.45) is 22.0 Å². The molecule has 0 spiro atoms. The fourth-order valence-corrected chi connectivity index (χ4v) is 3.19. The summed E-state index contributed by atoms with van der Waals surface area (Å²) in [5.74, 6) is -1.06. The molecule has 28 heavy (non-hydrogen) atoms. The summed E-state index contributed by atoms with van der Waals surface area (Å²) in [4.78, 5) is 24.1. The molecule has 6 heteroatoms. The van der Waals surface area contributed by atoms with E-state index in [9.17, 15) is 9.59 Å². The number of nitrogens with zero attached hydrogens (tertiary/aromatic N) is 2. The third-order valence-corrected chi connectivity index (χ3v) is 5.39. The molecule has 0 saturated carbocycles. The van der Waals surface area contributed by atoms with E-state index in [0.29, 0.717) is 24.7 Å². The Kier molecular flexibility index (Phi) is 7.26. The maximum atomic E-state index is 12.1. The van der Waals surface area contributed by atoms with Crippen molar-refractivity contribution in [3.63, 3.8) is 0 Å². The Morgan fingerprint density at radius 1 is 0.857 bits per heavy atom. The molecule has 0 radical (unpaired) electrons. The van der Waals surface area contributed by atoms with Crippen LogP contribution in [-0.2, 0) is 9.59 Å². The lowest BCUT2D eigenvalue weighted by Gasteiger charge is -2.22. The number of hydrogen-bond donors (Lipinski definition) is 2. The van der Waals surface area contributed by atoms with Crippen molar-refractivity contribution in [1.29, 1.82) is 0 Å². The van der Waals surface area contributed by atoms with Gasteiger partial charge in [-0.05, 0) is 76.4 Å². The zero-order chi connectivity index (χ0) is 20.8. The molecule has 0 aromatic rings. The SMILES string of the molecule is C=C(C)[C@@H]1CC=C(C)C(=NNC(=O)C(=O)NN=C2C[C@@H](C(=C)C)CC=C2C)C1. The largest absolute Gasteiger partial charge is 0.331 e. The normalized spacial score (nSPS) is 25.0. The molecule has 0 aromatic heterocycles. The Morgan fingerprint density at radius 3 is 1.54 bits per heavy atom. The van der Waals surface area contributed by atoms with Crippen molar-refractivity contribution in [3.8, 4) is 0 Å². The van der Waals surface area contributed by atoms with Crippen molar-refractivity contribution < 1.29 is 9.59 Å². The molecule has 2 aliphatic carbocycles. The Bertz CT molecular complexity index is 746.